The molecule has 0 aliphatic carbocycles. The third-order valence-electron chi connectivity index (χ3n) is 1.56. The van der Waals surface area contributed by atoms with Crippen LogP contribution in [0.25, 0.3) is 0 Å². The third-order valence-corrected chi connectivity index (χ3v) is 1.76. The van der Waals surface area contributed by atoms with E-state index in [4.69, 9.17) is 11.6 Å². The summed E-state index contributed by atoms with van der Waals surface area (Å²) in [5, 5.41) is 2.61. The van der Waals surface area contributed by atoms with E-state index in [1.165, 1.54) is 12.4 Å². The molecular weight excluding hydrogens is 234 g/mol. The lowest BCUT2D eigenvalue weighted by atomic mass is 10.4. The number of amides is 1. The van der Waals surface area contributed by atoms with Crippen molar-refractivity contribution in [2.45, 2.75) is 13.5 Å². The van der Waals surface area contributed by atoms with Gasteiger partial charge < -0.3 is 10.1 Å². The van der Waals surface area contributed by atoms with E-state index >= 15 is 0 Å². The number of ether oxygens (including phenoxy) is 1. The highest BCUT2D eigenvalue weighted by Crippen LogP contribution is 2.00. The fraction of sp³-hybridized carbons (Fsp3) is 0.333. The van der Waals surface area contributed by atoms with Crippen molar-refractivity contribution in [2.75, 3.05) is 6.61 Å². The van der Waals surface area contributed by atoms with E-state index in [1.54, 1.807) is 6.92 Å². The van der Waals surface area contributed by atoms with Crippen molar-refractivity contribution in [3.8, 4) is 0 Å². The molecule has 0 atom stereocenters. The molecule has 1 amide bonds. The first-order chi connectivity index (χ1) is 7.63. The molecule has 1 heterocycles. The molecule has 7 heteroatoms. The average molecular weight is 244 g/mol. The van der Waals surface area contributed by atoms with Crippen LogP contribution in [0.1, 0.15) is 12.6 Å². The third kappa shape index (κ3) is 3.82. The number of rotatable bonds is 3. The Morgan fingerprint density at radius 3 is 2.75 bits per heavy atom. The zero-order valence-electron chi connectivity index (χ0n) is 8.57. The molecule has 1 rings (SSSR count). The predicted molar refractivity (Wildman–Crippen MR) is 55.5 cm³/mol. The van der Waals surface area contributed by atoms with Gasteiger partial charge in [-0.3, -0.25) is 9.78 Å². The topological polar surface area (TPSA) is 81.2 Å². The molecule has 0 bridgehead atoms. The zero-order valence-corrected chi connectivity index (χ0v) is 9.32. The molecule has 0 saturated heterocycles. The molecule has 0 radical (unpaired) electrons. The second-order valence-corrected chi connectivity index (χ2v) is 3.12. The Balaban J connectivity index is 2.42. The first-order valence-corrected chi connectivity index (χ1v) is 4.92. The summed E-state index contributed by atoms with van der Waals surface area (Å²) in [6, 6.07) is 0. The Kier molecular flexibility index (Phi) is 4.65. The molecule has 0 spiro atoms. The molecule has 0 fully saturated rings. The smallest absolute Gasteiger partial charge is 0.396 e. The quantitative estimate of drug-likeness (QED) is 0.610. The normalized spacial score (nSPS) is 9.62. The van der Waals surface area contributed by atoms with Crippen LogP contribution in [0.5, 0.6) is 0 Å². The minimum atomic E-state index is -0.913. The van der Waals surface area contributed by atoms with Gasteiger partial charge in [0.25, 0.3) is 0 Å². The molecule has 0 aromatic carbocycles. The molecule has 86 valence electrons. The van der Waals surface area contributed by atoms with E-state index in [0.717, 1.165) is 0 Å². The fourth-order valence-corrected chi connectivity index (χ4v) is 0.968. The summed E-state index contributed by atoms with van der Waals surface area (Å²) in [5.74, 6) is -1.72. The van der Waals surface area contributed by atoms with Crippen LogP contribution in [0.15, 0.2) is 12.4 Å². The van der Waals surface area contributed by atoms with Crippen LogP contribution in [-0.4, -0.2) is 28.5 Å². The second kappa shape index (κ2) is 6.02. The summed E-state index contributed by atoms with van der Waals surface area (Å²) in [4.78, 5) is 29.7. The molecule has 6 nitrogen and oxygen atoms in total. The van der Waals surface area contributed by atoms with E-state index < -0.39 is 11.9 Å². The van der Waals surface area contributed by atoms with Crippen LogP contribution in [0.4, 0.5) is 0 Å². The fourth-order valence-electron chi connectivity index (χ4n) is 0.870. The first kappa shape index (κ1) is 12.4. The van der Waals surface area contributed by atoms with Crippen molar-refractivity contribution < 1.29 is 14.3 Å². The molecule has 0 aliphatic heterocycles. The second-order valence-electron chi connectivity index (χ2n) is 2.73. The maximum absolute atomic E-state index is 11.1. The van der Waals surface area contributed by atoms with E-state index in [2.05, 4.69) is 20.0 Å². The number of halogens is 1. The van der Waals surface area contributed by atoms with Gasteiger partial charge in [-0.2, -0.15) is 0 Å². The van der Waals surface area contributed by atoms with Gasteiger partial charge in [0.05, 0.1) is 31.2 Å². The number of esters is 1. The van der Waals surface area contributed by atoms with Gasteiger partial charge >= 0.3 is 11.9 Å². The summed E-state index contributed by atoms with van der Waals surface area (Å²) < 4.78 is 4.50. The van der Waals surface area contributed by atoms with Crippen molar-refractivity contribution in [3.05, 3.63) is 23.2 Å². The largest absolute Gasteiger partial charge is 0.459 e. The standard InChI is InChI=1S/C9H10ClN3O3/c1-2-16-9(15)8(14)13-4-6-3-12-7(10)5-11-6/h3,5H,2,4H2,1H3,(H,13,14). The van der Waals surface area contributed by atoms with Crippen molar-refractivity contribution in [1.29, 1.82) is 0 Å². The summed E-state index contributed by atoms with van der Waals surface area (Å²) in [6.07, 6.45) is 2.77. The Hall–Kier alpha value is -1.69. The summed E-state index contributed by atoms with van der Waals surface area (Å²) in [6.45, 7) is 1.88. The molecule has 16 heavy (non-hydrogen) atoms. The summed E-state index contributed by atoms with van der Waals surface area (Å²) >= 11 is 5.53. The lowest BCUT2D eigenvalue weighted by molar-refractivity contribution is -0.154. The highest BCUT2D eigenvalue weighted by Gasteiger charge is 2.13. The van der Waals surface area contributed by atoms with Gasteiger partial charge in [-0.25, -0.2) is 9.78 Å². The first-order valence-electron chi connectivity index (χ1n) is 4.55. The average Bonchev–Trinajstić information content (AvgIpc) is 2.28. The molecule has 0 saturated carbocycles. The Labute approximate surface area is 97.0 Å². The van der Waals surface area contributed by atoms with Crippen molar-refractivity contribution in [2.24, 2.45) is 0 Å². The number of carbonyl (C=O) groups is 2. The van der Waals surface area contributed by atoms with Gasteiger partial charge in [-0.05, 0) is 6.92 Å². The van der Waals surface area contributed by atoms with Gasteiger partial charge in [0, 0.05) is 0 Å². The van der Waals surface area contributed by atoms with E-state index in [-0.39, 0.29) is 18.3 Å². The number of nitrogens with zero attached hydrogens (tertiary/aromatic N) is 2. The Morgan fingerprint density at radius 2 is 2.19 bits per heavy atom. The van der Waals surface area contributed by atoms with Gasteiger partial charge in [-0.15, -0.1) is 0 Å². The monoisotopic (exact) mass is 243 g/mol. The summed E-state index contributed by atoms with van der Waals surface area (Å²) in [5.41, 5.74) is 0.502. The van der Waals surface area contributed by atoms with Crippen LogP contribution in [0.2, 0.25) is 5.15 Å². The number of hydrogen-bond donors (Lipinski definition) is 1. The molecule has 1 N–H and O–H groups in total. The maximum Gasteiger partial charge on any atom is 0.396 e. The minimum absolute atomic E-state index is 0.0990. The minimum Gasteiger partial charge on any atom is -0.459 e. The Bertz CT molecular complexity index is 380. The van der Waals surface area contributed by atoms with E-state index in [0.29, 0.717) is 5.69 Å². The summed E-state index contributed by atoms with van der Waals surface area (Å²) in [7, 11) is 0. The molecule has 1 aromatic heterocycles. The number of aromatic nitrogens is 2. The highest BCUT2D eigenvalue weighted by molar-refractivity contribution is 6.32. The van der Waals surface area contributed by atoms with Crippen molar-refractivity contribution >= 4 is 23.5 Å². The lowest BCUT2D eigenvalue weighted by Gasteiger charge is -2.03. The maximum atomic E-state index is 11.1. The molecular formula is C9H10ClN3O3. The van der Waals surface area contributed by atoms with Crippen molar-refractivity contribution in [1.82, 2.24) is 15.3 Å². The van der Waals surface area contributed by atoms with Crippen LogP contribution >= 0.6 is 11.6 Å². The molecule has 0 unspecified atom stereocenters. The van der Waals surface area contributed by atoms with E-state index in [9.17, 15) is 9.59 Å². The van der Waals surface area contributed by atoms with Crippen LogP contribution in [0, 0.1) is 0 Å². The number of hydrogen-bond acceptors (Lipinski definition) is 5. The van der Waals surface area contributed by atoms with Crippen LogP contribution in [0.3, 0.4) is 0 Å². The van der Waals surface area contributed by atoms with Crippen molar-refractivity contribution in [3.63, 3.8) is 0 Å². The molecule has 0 aliphatic rings. The Morgan fingerprint density at radius 1 is 1.44 bits per heavy atom. The zero-order chi connectivity index (χ0) is 12.0. The van der Waals surface area contributed by atoms with Gasteiger partial charge in [-0.1, -0.05) is 11.6 Å². The lowest BCUT2D eigenvalue weighted by Crippen LogP contribution is -2.32. The van der Waals surface area contributed by atoms with Gasteiger partial charge in [0.2, 0.25) is 0 Å². The van der Waals surface area contributed by atoms with E-state index in [1.807, 2.05) is 0 Å². The van der Waals surface area contributed by atoms with Crippen LogP contribution in [-0.2, 0) is 20.9 Å². The molecule has 1 aromatic rings. The SMILES string of the molecule is CCOC(=O)C(=O)NCc1cnc(Cl)cn1. The number of carbonyl (C=O) groups excluding carboxylic acids is 2. The van der Waals surface area contributed by atoms with Crippen LogP contribution < -0.4 is 5.32 Å². The highest BCUT2D eigenvalue weighted by atomic mass is 35.5. The van der Waals surface area contributed by atoms with Gasteiger partial charge in [0.15, 0.2) is 0 Å². The predicted octanol–water partition coefficient (Wildman–Crippen LogP) is 0.309. The number of nitrogens with one attached hydrogen (secondary N) is 1. The van der Waals surface area contributed by atoms with Gasteiger partial charge in [0.1, 0.15) is 5.15 Å².